The van der Waals surface area contributed by atoms with Crippen LogP contribution in [-0.2, 0) is 14.3 Å². The van der Waals surface area contributed by atoms with E-state index in [4.69, 9.17) is 4.74 Å². The minimum atomic E-state index is -0.397. The summed E-state index contributed by atoms with van der Waals surface area (Å²) >= 11 is 0. The Morgan fingerprint density at radius 3 is 2.75 bits per heavy atom. The summed E-state index contributed by atoms with van der Waals surface area (Å²) in [4.78, 5) is 22.6. The molecular weight excluding hydrogens is 156 g/mol. The zero-order valence-electron chi connectivity index (χ0n) is 7.13. The number of rotatable bonds is 1. The van der Waals surface area contributed by atoms with Gasteiger partial charge in [-0.1, -0.05) is 0 Å². The fourth-order valence-electron chi connectivity index (χ4n) is 2.48. The van der Waals surface area contributed by atoms with E-state index in [0.29, 0.717) is 12.8 Å². The molecule has 3 nitrogen and oxygen atoms in total. The Kier molecular flexibility index (Phi) is 1.50. The first-order valence-corrected chi connectivity index (χ1v) is 4.32. The van der Waals surface area contributed by atoms with Crippen LogP contribution >= 0.6 is 0 Å². The molecule has 2 unspecified atom stereocenters. The van der Waals surface area contributed by atoms with E-state index in [1.807, 2.05) is 0 Å². The lowest BCUT2D eigenvalue weighted by molar-refractivity contribution is -0.164. The van der Waals surface area contributed by atoms with Crippen molar-refractivity contribution < 1.29 is 14.3 Å². The Bertz CT molecular complexity index is 246. The zero-order chi connectivity index (χ0) is 8.77. The van der Waals surface area contributed by atoms with Gasteiger partial charge in [-0.15, -0.1) is 0 Å². The highest BCUT2D eigenvalue weighted by Crippen LogP contribution is 2.56. The van der Waals surface area contributed by atoms with Crippen LogP contribution in [0.5, 0.6) is 0 Å². The summed E-state index contributed by atoms with van der Waals surface area (Å²) in [6.45, 7) is 0. The molecule has 3 heteroatoms. The van der Waals surface area contributed by atoms with Crippen LogP contribution in [0, 0.1) is 11.3 Å². The lowest BCUT2D eigenvalue weighted by atomic mass is 9.62. The molecule has 2 saturated carbocycles. The molecule has 0 aromatic carbocycles. The molecule has 0 heterocycles. The molecule has 0 spiro atoms. The second kappa shape index (κ2) is 2.31. The molecule has 0 N–H and O–H groups in total. The molecule has 2 aliphatic carbocycles. The average molecular weight is 168 g/mol. The molecule has 0 amide bonds. The summed E-state index contributed by atoms with van der Waals surface area (Å²) in [6.07, 6.45) is 3.01. The first-order chi connectivity index (χ1) is 5.70. The molecule has 2 atom stereocenters. The normalized spacial score (nSPS) is 38.8. The van der Waals surface area contributed by atoms with E-state index in [2.05, 4.69) is 0 Å². The van der Waals surface area contributed by atoms with Crippen molar-refractivity contribution in [3.05, 3.63) is 0 Å². The fourth-order valence-corrected chi connectivity index (χ4v) is 2.48. The zero-order valence-corrected chi connectivity index (χ0v) is 7.13. The van der Waals surface area contributed by atoms with E-state index < -0.39 is 5.41 Å². The third-order valence-corrected chi connectivity index (χ3v) is 3.34. The maximum absolute atomic E-state index is 11.4. The maximum Gasteiger partial charge on any atom is 0.312 e. The van der Waals surface area contributed by atoms with Crippen molar-refractivity contribution in [2.45, 2.75) is 25.7 Å². The minimum Gasteiger partial charge on any atom is -0.469 e. The Morgan fingerprint density at radius 2 is 2.33 bits per heavy atom. The number of hydrogen-bond acceptors (Lipinski definition) is 3. The van der Waals surface area contributed by atoms with E-state index in [0.717, 1.165) is 12.8 Å². The number of fused-ring (bicyclic) bond motifs is 1. The van der Waals surface area contributed by atoms with Crippen molar-refractivity contribution in [1.82, 2.24) is 0 Å². The van der Waals surface area contributed by atoms with Gasteiger partial charge in [0.25, 0.3) is 0 Å². The standard InChI is InChI=1S/C9H12O3/c1-12-8(11)9-4-2-6(9)7(10)3-5-9/h6H,2-5H2,1H3. The van der Waals surface area contributed by atoms with Crippen LogP contribution < -0.4 is 0 Å². The first-order valence-electron chi connectivity index (χ1n) is 4.32. The largest absolute Gasteiger partial charge is 0.469 e. The number of esters is 1. The highest BCUT2D eigenvalue weighted by Gasteiger charge is 2.60. The minimum absolute atomic E-state index is 0.00931. The topological polar surface area (TPSA) is 43.4 Å². The van der Waals surface area contributed by atoms with Crippen molar-refractivity contribution in [3.8, 4) is 0 Å². The molecule has 0 aliphatic heterocycles. The predicted molar refractivity (Wildman–Crippen MR) is 41.4 cm³/mol. The number of methoxy groups -OCH3 is 1. The van der Waals surface area contributed by atoms with Crippen LogP contribution in [0.3, 0.4) is 0 Å². The van der Waals surface area contributed by atoms with E-state index in [-0.39, 0.29) is 17.7 Å². The van der Waals surface area contributed by atoms with Crippen LogP contribution in [-0.4, -0.2) is 18.9 Å². The monoisotopic (exact) mass is 168 g/mol. The summed E-state index contributed by atoms with van der Waals surface area (Å²) in [5, 5.41) is 0. The van der Waals surface area contributed by atoms with Gasteiger partial charge in [-0.3, -0.25) is 9.59 Å². The van der Waals surface area contributed by atoms with Gasteiger partial charge >= 0.3 is 5.97 Å². The predicted octanol–water partition coefficient (Wildman–Crippen LogP) is 0.919. The Labute approximate surface area is 71.1 Å². The number of carbonyl (C=O) groups excluding carboxylic acids is 2. The van der Waals surface area contributed by atoms with Gasteiger partial charge < -0.3 is 4.74 Å². The van der Waals surface area contributed by atoms with Crippen molar-refractivity contribution in [2.24, 2.45) is 11.3 Å². The lowest BCUT2D eigenvalue weighted by Crippen LogP contribution is -2.45. The van der Waals surface area contributed by atoms with Crippen molar-refractivity contribution in [1.29, 1.82) is 0 Å². The van der Waals surface area contributed by atoms with Gasteiger partial charge in [-0.05, 0) is 19.3 Å². The van der Waals surface area contributed by atoms with Crippen LogP contribution in [0.2, 0.25) is 0 Å². The van der Waals surface area contributed by atoms with Gasteiger partial charge in [0.1, 0.15) is 5.78 Å². The summed E-state index contributed by atoms with van der Waals surface area (Å²) in [5.74, 6) is 0.0706. The van der Waals surface area contributed by atoms with E-state index in [1.54, 1.807) is 0 Å². The number of ether oxygens (including phenoxy) is 1. The number of carbonyl (C=O) groups is 2. The third kappa shape index (κ3) is 0.713. The molecule has 2 fully saturated rings. The van der Waals surface area contributed by atoms with Gasteiger partial charge in [0, 0.05) is 12.3 Å². The summed E-state index contributed by atoms with van der Waals surface area (Å²) < 4.78 is 4.72. The third-order valence-electron chi connectivity index (χ3n) is 3.34. The molecule has 0 aromatic rings. The smallest absolute Gasteiger partial charge is 0.312 e. The number of Topliss-reactive ketones (excluding diaryl/α,β-unsaturated/α-hetero) is 1. The summed E-state index contributed by atoms with van der Waals surface area (Å²) in [6, 6.07) is 0. The highest BCUT2D eigenvalue weighted by atomic mass is 16.5. The molecule has 66 valence electrons. The number of hydrogen-bond donors (Lipinski definition) is 0. The van der Waals surface area contributed by atoms with Gasteiger partial charge in [0.2, 0.25) is 0 Å². The Morgan fingerprint density at radius 1 is 1.58 bits per heavy atom. The molecular formula is C9H12O3. The van der Waals surface area contributed by atoms with Crippen LogP contribution in [0.1, 0.15) is 25.7 Å². The van der Waals surface area contributed by atoms with Crippen LogP contribution in [0.25, 0.3) is 0 Å². The van der Waals surface area contributed by atoms with E-state index in [9.17, 15) is 9.59 Å². The Hall–Kier alpha value is -0.860. The SMILES string of the molecule is COC(=O)C12CCC(=O)C1CC2. The van der Waals surface area contributed by atoms with Gasteiger partial charge in [0.05, 0.1) is 12.5 Å². The van der Waals surface area contributed by atoms with Gasteiger partial charge in [-0.25, -0.2) is 0 Å². The molecule has 2 aliphatic rings. The molecule has 0 bridgehead atoms. The highest BCUT2D eigenvalue weighted by molar-refractivity contribution is 5.94. The Balaban J connectivity index is 2.23. The van der Waals surface area contributed by atoms with Crippen molar-refractivity contribution >= 4 is 11.8 Å². The summed E-state index contributed by atoms with van der Waals surface area (Å²) in [5.41, 5.74) is -0.397. The van der Waals surface area contributed by atoms with Gasteiger partial charge in [0.15, 0.2) is 0 Å². The molecule has 2 rings (SSSR count). The van der Waals surface area contributed by atoms with Gasteiger partial charge in [-0.2, -0.15) is 0 Å². The molecule has 0 aromatic heterocycles. The molecule has 0 radical (unpaired) electrons. The van der Waals surface area contributed by atoms with Crippen LogP contribution in [0.4, 0.5) is 0 Å². The van der Waals surface area contributed by atoms with Crippen LogP contribution in [0.15, 0.2) is 0 Å². The molecule has 0 saturated heterocycles. The second-order valence-electron chi connectivity index (χ2n) is 3.71. The van der Waals surface area contributed by atoms with E-state index in [1.165, 1.54) is 7.11 Å². The first kappa shape index (κ1) is 7.77. The van der Waals surface area contributed by atoms with Crippen molar-refractivity contribution in [3.63, 3.8) is 0 Å². The maximum atomic E-state index is 11.4. The number of ketones is 1. The lowest BCUT2D eigenvalue weighted by Gasteiger charge is -2.40. The average Bonchev–Trinajstić information content (AvgIpc) is 2.22. The molecule has 12 heavy (non-hydrogen) atoms. The van der Waals surface area contributed by atoms with E-state index >= 15 is 0 Å². The van der Waals surface area contributed by atoms with Crippen molar-refractivity contribution in [2.75, 3.05) is 7.11 Å². The fraction of sp³-hybridized carbons (Fsp3) is 0.778. The summed E-state index contributed by atoms with van der Waals surface area (Å²) in [7, 11) is 1.40. The second-order valence-corrected chi connectivity index (χ2v) is 3.71. The quantitative estimate of drug-likeness (QED) is 0.547.